The van der Waals surface area contributed by atoms with E-state index < -0.39 is 0 Å². The number of carbonyl (C=O) groups is 1. The highest BCUT2D eigenvalue weighted by Crippen LogP contribution is 2.44. The molecule has 34 heavy (non-hydrogen) atoms. The number of nitrogens with zero attached hydrogens (tertiary/aromatic N) is 1. The van der Waals surface area contributed by atoms with E-state index in [1.165, 1.54) is 35.3 Å². The number of benzene rings is 2. The summed E-state index contributed by atoms with van der Waals surface area (Å²) in [6, 6.07) is 13.5. The standard InChI is InChI=1S/C30H43NOS2/c1-20-13-12-14-21(2)28(20)31(22(3)32)34-27-16-11-10-15-26(27)33-25-18-23(29(4,5)6)17-24(19-25)30(7,8)9/h12-14,17-19,26-27H,10-11,15-16H2,1-9H3/t26-,27-/m1/s1. The number of amides is 1. The first-order valence-electron chi connectivity index (χ1n) is 12.6. The minimum Gasteiger partial charge on any atom is -0.274 e. The average molecular weight is 498 g/mol. The van der Waals surface area contributed by atoms with Crippen LogP contribution in [-0.2, 0) is 15.6 Å². The van der Waals surface area contributed by atoms with Crippen LogP contribution in [0.15, 0.2) is 41.3 Å². The molecule has 1 amide bonds. The summed E-state index contributed by atoms with van der Waals surface area (Å²) in [5.74, 6) is 0.112. The molecule has 2 aromatic carbocycles. The number of anilines is 1. The Hall–Kier alpha value is -1.39. The fourth-order valence-electron chi connectivity index (χ4n) is 4.57. The van der Waals surface area contributed by atoms with Gasteiger partial charge in [-0.25, -0.2) is 0 Å². The zero-order valence-corrected chi connectivity index (χ0v) is 24.3. The summed E-state index contributed by atoms with van der Waals surface area (Å²) in [6.45, 7) is 19.7. The summed E-state index contributed by atoms with van der Waals surface area (Å²) in [7, 11) is 0. The Morgan fingerprint density at radius 2 is 1.35 bits per heavy atom. The van der Waals surface area contributed by atoms with Gasteiger partial charge in [-0.05, 0) is 83.9 Å². The van der Waals surface area contributed by atoms with Crippen LogP contribution in [-0.4, -0.2) is 16.4 Å². The Balaban J connectivity index is 1.92. The minimum absolute atomic E-state index is 0.112. The highest BCUT2D eigenvalue weighted by Gasteiger charge is 2.32. The van der Waals surface area contributed by atoms with Crippen molar-refractivity contribution in [3.63, 3.8) is 0 Å². The Labute approximate surface area is 216 Å². The highest BCUT2D eigenvalue weighted by molar-refractivity contribution is 8.05. The van der Waals surface area contributed by atoms with E-state index in [-0.39, 0.29) is 16.7 Å². The first-order chi connectivity index (χ1) is 15.8. The number of thioether (sulfide) groups is 1. The summed E-state index contributed by atoms with van der Waals surface area (Å²) in [5, 5.41) is 0.908. The Morgan fingerprint density at radius 1 is 0.853 bits per heavy atom. The van der Waals surface area contributed by atoms with E-state index in [4.69, 9.17) is 0 Å². The molecule has 2 aromatic rings. The van der Waals surface area contributed by atoms with Crippen molar-refractivity contribution < 1.29 is 4.79 Å². The van der Waals surface area contributed by atoms with E-state index in [9.17, 15) is 4.79 Å². The largest absolute Gasteiger partial charge is 0.274 e. The maximum absolute atomic E-state index is 12.8. The molecule has 1 aliphatic rings. The van der Waals surface area contributed by atoms with Crippen LogP contribution in [0.25, 0.3) is 0 Å². The molecule has 0 heterocycles. The van der Waals surface area contributed by atoms with Crippen LogP contribution in [0.5, 0.6) is 0 Å². The third-order valence-electron chi connectivity index (χ3n) is 6.74. The molecule has 0 unspecified atom stereocenters. The number of para-hydroxylation sites is 1. The van der Waals surface area contributed by atoms with Gasteiger partial charge in [-0.1, -0.05) is 78.6 Å². The molecule has 0 bridgehead atoms. The molecule has 0 aliphatic heterocycles. The zero-order valence-electron chi connectivity index (χ0n) is 22.6. The van der Waals surface area contributed by atoms with Gasteiger partial charge in [0.2, 0.25) is 5.91 Å². The van der Waals surface area contributed by atoms with Gasteiger partial charge in [-0.15, -0.1) is 11.8 Å². The van der Waals surface area contributed by atoms with Gasteiger partial charge in [0.05, 0.1) is 5.69 Å². The molecule has 1 saturated carbocycles. The maximum Gasteiger partial charge on any atom is 0.233 e. The molecule has 0 spiro atoms. The molecule has 0 radical (unpaired) electrons. The molecule has 3 rings (SSSR count). The molecule has 2 nitrogen and oxygen atoms in total. The Morgan fingerprint density at radius 3 is 1.82 bits per heavy atom. The van der Waals surface area contributed by atoms with Crippen molar-refractivity contribution in [2.24, 2.45) is 0 Å². The molecule has 0 aromatic heterocycles. The van der Waals surface area contributed by atoms with Gasteiger partial charge in [-0.3, -0.25) is 9.10 Å². The third kappa shape index (κ3) is 6.63. The molecule has 2 atom stereocenters. The van der Waals surface area contributed by atoms with Gasteiger partial charge < -0.3 is 0 Å². The number of carbonyl (C=O) groups excluding carboxylic acids is 1. The second-order valence-electron chi connectivity index (χ2n) is 11.9. The van der Waals surface area contributed by atoms with Gasteiger partial charge >= 0.3 is 0 Å². The summed E-state index contributed by atoms with van der Waals surface area (Å²) in [4.78, 5) is 14.2. The summed E-state index contributed by atoms with van der Waals surface area (Å²) >= 11 is 3.80. The number of hydrogen-bond acceptors (Lipinski definition) is 3. The lowest BCUT2D eigenvalue weighted by atomic mass is 9.81. The highest BCUT2D eigenvalue weighted by atomic mass is 32.2. The van der Waals surface area contributed by atoms with Gasteiger partial charge in [-0.2, -0.15) is 0 Å². The van der Waals surface area contributed by atoms with Crippen LogP contribution in [0.4, 0.5) is 5.69 Å². The smallest absolute Gasteiger partial charge is 0.233 e. The molecule has 4 heteroatoms. The fraction of sp³-hybridized carbons (Fsp3) is 0.567. The SMILES string of the molecule is CC(=O)N(S[C@@H]1CCCC[C@H]1Sc1cc(C(C)(C)C)cc(C(C)(C)C)c1)c1c(C)cccc1C. The van der Waals surface area contributed by atoms with Gasteiger partial charge in [0.25, 0.3) is 0 Å². The van der Waals surface area contributed by atoms with E-state index in [0.717, 1.165) is 23.2 Å². The molecular formula is C30H43NOS2. The number of aryl methyl sites for hydroxylation is 2. The van der Waals surface area contributed by atoms with Crippen LogP contribution in [0.1, 0.15) is 96.4 Å². The number of rotatable bonds is 5. The predicted molar refractivity (Wildman–Crippen MR) is 152 cm³/mol. The molecule has 1 aliphatic carbocycles. The zero-order chi connectivity index (χ0) is 25.3. The van der Waals surface area contributed by atoms with Gasteiger partial charge in [0, 0.05) is 22.3 Å². The molecule has 0 N–H and O–H groups in total. The molecular weight excluding hydrogens is 454 g/mol. The third-order valence-corrected chi connectivity index (χ3v) is 9.77. The lowest BCUT2D eigenvalue weighted by Crippen LogP contribution is -2.32. The predicted octanol–water partition coefficient (Wildman–Crippen LogP) is 9.00. The van der Waals surface area contributed by atoms with Crippen LogP contribution in [0.3, 0.4) is 0 Å². The first kappa shape index (κ1) is 27.2. The normalized spacial score (nSPS) is 19.2. The van der Waals surface area contributed by atoms with Crippen molar-refractivity contribution in [2.45, 2.75) is 114 Å². The van der Waals surface area contributed by atoms with Crippen LogP contribution in [0, 0.1) is 13.8 Å². The lowest BCUT2D eigenvalue weighted by molar-refractivity contribution is -0.115. The van der Waals surface area contributed by atoms with Gasteiger partial charge in [0.15, 0.2) is 0 Å². The van der Waals surface area contributed by atoms with Crippen LogP contribution in [0.2, 0.25) is 0 Å². The summed E-state index contributed by atoms with van der Waals surface area (Å²) in [6.07, 6.45) is 4.86. The monoisotopic (exact) mass is 497 g/mol. The minimum atomic E-state index is 0.112. The van der Waals surface area contributed by atoms with Crippen molar-refractivity contribution in [3.8, 4) is 0 Å². The van der Waals surface area contributed by atoms with Gasteiger partial charge in [0.1, 0.15) is 0 Å². The van der Waals surface area contributed by atoms with Crippen molar-refractivity contribution in [1.29, 1.82) is 0 Å². The van der Waals surface area contributed by atoms with Crippen LogP contribution < -0.4 is 4.31 Å². The Bertz CT molecular complexity index is 963. The maximum atomic E-state index is 12.8. The summed E-state index contributed by atoms with van der Waals surface area (Å²) < 4.78 is 1.97. The summed E-state index contributed by atoms with van der Waals surface area (Å²) in [5.41, 5.74) is 6.44. The van der Waals surface area contributed by atoms with Crippen molar-refractivity contribution >= 4 is 35.3 Å². The average Bonchev–Trinajstić information content (AvgIpc) is 2.72. The molecule has 186 valence electrons. The van der Waals surface area contributed by atoms with Crippen LogP contribution >= 0.6 is 23.7 Å². The van der Waals surface area contributed by atoms with Crippen molar-refractivity contribution in [2.75, 3.05) is 4.31 Å². The Kier molecular flexibility index (Phi) is 8.56. The van der Waals surface area contributed by atoms with E-state index in [1.54, 1.807) is 18.9 Å². The van der Waals surface area contributed by atoms with E-state index in [2.05, 4.69) is 91.8 Å². The van der Waals surface area contributed by atoms with E-state index in [1.807, 2.05) is 16.1 Å². The first-order valence-corrected chi connectivity index (χ1v) is 14.4. The van der Waals surface area contributed by atoms with E-state index >= 15 is 0 Å². The lowest BCUT2D eigenvalue weighted by Gasteiger charge is -2.35. The number of hydrogen-bond donors (Lipinski definition) is 0. The second kappa shape index (κ2) is 10.7. The van der Waals surface area contributed by atoms with E-state index in [0.29, 0.717) is 10.5 Å². The van der Waals surface area contributed by atoms with Crippen molar-refractivity contribution in [3.05, 3.63) is 58.7 Å². The molecule has 1 fully saturated rings. The second-order valence-corrected chi connectivity index (χ2v) is 14.4. The quantitative estimate of drug-likeness (QED) is 0.384. The fourth-order valence-corrected chi connectivity index (χ4v) is 7.56. The molecule has 0 saturated heterocycles. The van der Waals surface area contributed by atoms with Crippen molar-refractivity contribution in [1.82, 2.24) is 0 Å². The topological polar surface area (TPSA) is 20.3 Å².